The van der Waals surface area contributed by atoms with Gasteiger partial charge in [-0.25, -0.2) is 4.98 Å². The Morgan fingerprint density at radius 3 is 2.83 bits per heavy atom. The van der Waals surface area contributed by atoms with Crippen molar-refractivity contribution in [2.45, 2.75) is 13.0 Å². The van der Waals surface area contributed by atoms with Gasteiger partial charge in [0, 0.05) is 11.9 Å². The molecule has 1 unspecified atom stereocenters. The number of aliphatic hydroxyl groups excluding tert-OH is 1. The van der Waals surface area contributed by atoms with E-state index in [9.17, 15) is 0 Å². The lowest BCUT2D eigenvalue weighted by molar-refractivity contribution is 0.269. The smallest absolute Gasteiger partial charge is 0.182 e. The van der Waals surface area contributed by atoms with Gasteiger partial charge in [0.15, 0.2) is 5.13 Å². The van der Waals surface area contributed by atoms with Gasteiger partial charge in [-0.05, 0) is 6.92 Å². The van der Waals surface area contributed by atoms with Crippen LogP contribution in [0.1, 0.15) is 16.6 Å². The summed E-state index contributed by atoms with van der Waals surface area (Å²) in [5, 5.41) is 12.6. The minimum atomic E-state index is -0.301. The number of nitrogens with one attached hydrogen (secondary N) is 1. The molecule has 1 heterocycles. The fraction of sp³-hybridized carbons (Fsp3) is 0.571. The van der Waals surface area contributed by atoms with Crippen LogP contribution in [0.3, 0.4) is 0 Å². The van der Waals surface area contributed by atoms with Gasteiger partial charge in [0.2, 0.25) is 0 Å². The van der Waals surface area contributed by atoms with Crippen molar-refractivity contribution in [2.24, 2.45) is 5.73 Å². The lowest BCUT2D eigenvalue weighted by Gasteiger charge is -2.04. The third-order valence-electron chi connectivity index (χ3n) is 1.58. The van der Waals surface area contributed by atoms with Crippen molar-refractivity contribution in [1.82, 2.24) is 4.98 Å². The van der Waals surface area contributed by atoms with Crippen LogP contribution in [0.25, 0.3) is 0 Å². The number of thiazole rings is 1. The fourth-order valence-corrected chi connectivity index (χ4v) is 1.85. The monoisotopic (exact) mass is 187 g/mol. The highest BCUT2D eigenvalue weighted by Crippen LogP contribution is 2.26. The second-order valence-corrected chi connectivity index (χ2v) is 3.54. The molecule has 1 atom stereocenters. The maximum absolute atomic E-state index is 8.83. The zero-order valence-corrected chi connectivity index (χ0v) is 7.98. The van der Waals surface area contributed by atoms with Crippen LogP contribution in [-0.4, -0.2) is 23.7 Å². The fourth-order valence-electron chi connectivity index (χ4n) is 0.942. The molecule has 0 bridgehead atoms. The molecule has 0 aliphatic rings. The number of rotatable bonds is 3. The van der Waals surface area contributed by atoms with Gasteiger partial charge >= 0.3 is 0 Å². The summed E-state index contributed by atoms with van der Waals surface area (Å²) < 4.78 is 0. The maximum Gasteiger partial charge on any atom is 0.182 e. The van der Waals surface area contributed by atoms with Gasteiger partial charge in [0.05, 0.1) is 18.3 Å². The average molecular weight is 187 g/mol. The van der Waals surface area contributed by atoms with E-state index in [4.69, 9.17) is 10.8 Å². The Morgan fingerprint density at radius 1 is 1.75 bits per heavy atom. The van der Waals surface area contributed by atoms with Crippen LogP contribution < -0.4 is 11.1 Å². The summed E-state index contributed by atoms with van der Waals surface area (Å²) in [6.45, 7) is 1.86. The molecule has 5 heteroatoms. The Labute approximate surface area is 75.4 Å². The summed E-state index contributed by atoms with van der Waals surface area (Å²) in [4.78, 5) is 5.16. The minimum Gasteiger partial charge on any atom is -0.394 e. The number of aryl methyl sites for hydroxylation is 1. The van der Waals surface area contributed by atoms with Gasteiger partial charge in [-0.15, -0.1) is 11.3 Å². The number of nitrogens with two attached hydrogens (primary N) is 1. The van der Waals surface area contributed by atoms with Crippen LogP contribution in [0.2, 0.25) is 0 Å². The van der Waals surface area contributed by atoms with E-state index in [1.807, 2.05) is 14.0 Å². The highest BCUT2D eigenvalue weighted by Gasteiger charge is 2.12. The molecule has 0 aromatic carbocycles. The number of anilines is 1. The lowest BCUT2D eigenvalue weighted by Crippen LogP contribution is -2.13. The highest BCUT2D eigenvalue weighted by atomic mass is 32.1. The first-order chi connectivity index (χ1) is 5.69. The predicted octanol–water partition coefficient (Wildman–Crippen LogP) is 0.485. The van der Waals surface area contributed by atoms with Crippen molar-refractivity contribution in [2.75, 3.05) is 19.0 Å². The normalized spacial score (nSPS) is 13.0. The van der Waals surface area contributed by atoms with Gasteiger partial charge in [-0.2, -0.15) is 0 Å². The van der Waals surface area contributed by atoms with Gasteiger partial charge in [0.25, 0.3) is 0 Å². The van der Waals surface area contributed by atoms with E-state index >= 15 is 0 Å². The molecule has 4 nitrogen and oxygen atoms in total. The molecule has 1 aromatic heterocycles. The second kappa shape index (κ2) is 3.84. The Bertz CT molecular complexity index is 261. The molecule has 0 spiro atoms. The van der Waals surface area contributed by atoms with Crippen LogP contribution in [0.15, 0.2) is 0 Å². The molecular weight excluding hydrogens is 174 g/mol. The van der Waals surface area contributed by atoms with E-state index < -0.39 is 0 Å². The number of hydrogen-bond donors (Lipinski definition) is 3. The van der Waals surface area contributed by atoms with Crippen molar-refractivity contribution >= 4 is 16.5 Å². The maximum atomic E-state index is 8.83. The van der Waals surface area contributed by atoms with Crippen molar-refractivity contribution in [3.63, 3.8) is 0 Å². The molecule has 12 heavy (non-hydrogen) atoms. The molecule has 1 aromatic rings. The van der Waals surface area contributed by atoms with Gasteiger partial charge in [-0.3, -0.25) is 0 Å². The quantitative estimate of drug-likeness (QED) is 0.644. The van der Waals surface area contributed by atoms with Gasteiger partial charge < -0.3 is 16.2 Å². The van der Waals surface area contributed by atoms with E-state index in [-0.39, 0.29) is 12.6 Å². The lowest BCUT2D eigenvalue weighted by atomic mass is 10.2. The number of nitrogens with zero attached hydrogens (tertiary/aromatic N) is 1. The Morgan fingerprint density at radius 2 is 2.42 bits per heavy atom. The van der Waals surface area contributed by atoms with Crippen LogP contribution in [-0.2, 0) is 0 Å². The summed E-state index contributed by atoms with van der Waals surface area (Å²) in [6, 6.07) is -0.301. The molecule has 0 aliphatic carbocycles. The largest absolute Gasteiger partial charge is 0.394 e. The number of hydrogen-bond acceptors (Lipinski definition) is 5. The SMILES string of the molecule is CNc1nc(C)c(C(N)CO)s1. The van der Waals surface area contributed by atoms with Crippen molar-refractivity contribution in [3.8, 4) is 0 Å². The molecule has 4 N–H and O–H groups in total. The molecular formula is C7H13N3OS. The first-order valence-corrected chi connectivity index (χ1v) is 4.52. The Balaban J connectivity index is 2.91. The van der Waals surface area contributed by atoms with E-state index in [2.05, 4.69) is 10.3 Å². The highest BCUT2D eigenvalue weighted by molar-refractivity contribution is 7.15. The first kappa shape index (κ1) is 9.44. The standard InChI is InChI=1S/C7H13N3OS/c1-4-6(5(8)3-11)12-7(9-2)10-4/h5,11H,3,8H2,1-2H3,(H,9,10). The third kappa shape index (κ3) is 1.74. The van der Waals surface area contributed by atoms with Crippen molar-refractivity contribution < 1.29 is 5.11 Å². The summed E-state index contributed by atoms with van der Waals surface area (Å²) in [5.74, 6) is 0. The van der Waals surface area contributed by atoms with Crippen LogP contribution >= 0.6 is 11.3 Å². The van der Waals surface area contributed by atoms with E-state index in [1.165, 1.54) is 11.3 Å². The topological polar surface area (TPSA) is 71.2 Å². The summed E-state index contributed by atoms with van der Waals surface area (Å²) >= 11 is 1.48. The third-order valence-corrected chi connectivity index (χ3v) is 2.89. The molecule has 0 fully saturated rings. The minimum absolute atomic E-state index is 0.0355. The average Bonchev–Trinajstić information content (AvgIpc) is 2.45. The molecule has 1 rings (SSSR count). The zero-order valence-electron chi connectivity index (χ0n) is 7.16. The van der Waals surface area contributed by atoms with E-state index in [0.29, 0.717) is 0 Å². The van der Waals surface area contributed by atoms with Crippen molar-refractivity contribution in [1.29, 1.82) is 0 Å². The molecule has 0 amide bonds. The van der Waals surface area contributed by atoms with Crippen molar-refractivity contribution in [3.05, 3.63) is 10.6 Å². The molecule has 0 saturated heterocycles. The predicted molar refractivity (Wildman–Crippen MR) is 50.4 cm³/mol. The summed E-state index contributed by atoms with van der Waals surface area (Å²) in [6.07, 6.45) is 0. The molecule has 0 saturated carbocycles. The van der Waals surface area contributed by atoms with Crippen LogP contribution in [0, 0.1) is 6.92 Å². The van der Waals surface area contributed by atoms with Gasteiger partial charge in [0.1, 0.15) is 0 Å². The summed E-state index contributed by atoms with van der Waals surface area (Å²) in [7, 11) is 1.81. The van der Waals surface area contributed by atoms with Crippen LogP contribution in [0.4, 0.5) is 5.13 Å². The van der Waals surface area contributed by atoms with E-state index in [1.54, 1.807) is 0 Å². The number of aromatic nitrogens is 1. The summed E-state index contributed by atoms with van der Waals surface area (Å²) in [5.41, 5.74) is 6.55. The second-order valence-electron chi connectivity index (χ2n) is 2.51. The first-order valence-electron chi connectivity index (χ1n) is 3.70. The molecule has 0 aliphatic heterocycles. The molecule has 68 valence electrons. The molecule has 0 radical (unpaired) electrons. The van der Waals surface area contributed by atoms with E-state index in [0.717, 1.165) is 15.7 Å². The Hall–Kier alpha value is -0.650. The van der Waals surface area contributed by atoms with Crippen LogP contribution in [0.5, 0.6) is 0 Å². The number of aliphatic hydroxyl groups is 1. The zero-order chi connectivity index (χ0) is 9.14. The van der Waals surface area contributed by atoms with Gasteiger partial charge in [-0.1, -0.05) is 0 Å². The Kier molecular flexibility index (Phi) is 3.02.